The Kier molecular flexibility index (Phi) is 7.62. The molecule has 0 radical (unpaired) electrons. The maximum Gasteiger partial charge on any atom is 0.246 e. The van der Waals surface area contributed by atoms with Gasteiger partial charge in [0.2, 0.25) is 5.91 Å². The molecule has 29 heavy (non-hydrogen) atoms. The van der Waals surface area contributed by atoms with Crippen LogP contribution in [-0.2, 0) is 24.2 Å². The Labute approximate surface area is 173 Å². The van der Waals surface area contributed by atoms with Gasteiger partial charge in [0.15, 0.2) is 0 Å². The van der Waals surface area contributed by atoms with E-state index in [1.807, 2.05) is 0 Å². The van der Waals surface area contributed by atoms with Crippen LogP contribution in [0.15, 0.2) is 66.7 Å². The third kappa shape index (κ3) is 6.05. The lowest BCUT2D eigenvalue weighted by Gasteiger charge is -2.10. The number of carbonyl (C=O) groups is 1. The van der Waals surface area contributed by atoms with E-state index in [2.05, 4.69) is 71.1 Å². The van der Waals surface area contributed by atoms with Crippen molar-refractivity contribution in [2.24, 2.45) is 0 Å². The zero-order valence-electron chi connectivity index (χ0n) is 17.4. The Morgan fingerprint density at radius 3 is 2.52 bits per heavy atom. The maximum absolute atomic E-state index is 11.5. The van der Waals surface area contributed by atoms with Gasteiger partial charge in [0.1, 0.15) is 5.82 Å². The number of hydrogen-bond donors (Lipinski definition) is 1. The van der Waals surface area contributed by atoms with Crippen LogP contribution in [0.4, 0.5) is 0 Å². The first-order valence-electron chi connectivity index (χ1n) is 10.6. The zero-order chi connectivity index (χ0) is 20.5. The fourth-order valence-corrected chi connectivity index (χ4v) is 3.59. The van der Waals surface area contributed by atoms with E-state index in [1.165, 1.54) is 16.9 Å². The van der Waals surface area contributed by atoms with Gasteiger partial charge in [-0.25, -0.2) is 4.98 Å². The van der Waals surface area contributed by atoms with E-state index in [9.17, 15) is 4.79 Å². The summed E-state index contributed by atoms with van der Waals surface area (Å²) in [5.74, 6) is 1.12. The second-order valence-corrected chi connectivity index (χ2v) is 7.60. The van der Waals surface area contributed by atoms with E-state index < -0.39 is 0 Å². The molecule has 1 amide bonds. The molecule has 152 valence electrons. The molecule has 1 aromatic heterocycles. The molecule has 3 rings (SSSR count). The van der Waals surface area contributed by atoms with Crippen molar-refractivity contribution >= 4 is 16.9 Å². The maximum atomic E-state index is 11.5. The van der Waals surface area contributed by atoms with E-state index >= 15 is 0 Å². The fraction of sp³-hybridized carbons (Fsp3) is 0.360. The average molecular weight is 390 g/mol. The van der Waals surface area contributed by atoms with Crippen LogP contribution in [0.3, 0.4) is 0 Å². The summed E-state index contributed by atoms with van der Waals surface area (Å²) < 4.78 is 2.39. The lowest BCUT2D eigenvalue weighted by molar-refractivity contribution is -0.117. The number of aromatic nitrogens is 2. The third-order valence-electron chi connectivity index (χ3n) is 5.17. The highest BCUT2D eigenvalue weighted by atomic mass is 16.1. The molecule has 0 aliphatic rings. The van der Waals surface area contributed by atoms with Crippen molar-refractivity contribution < 1.29 is 4.79 Å². The highest BCUT2D eigenvalue weighted by Crippen LogP contribution is 2.19. The number of hydrogen-bond acceptors (Lipinski definition) is 2. The van der Waals surface area contributed by atoms with Crippen LogP contribution in [0, 0.1) is 0 Å². The Balaban J connectivity index is 1.54. The number of para-hydroxylation sites is 2. The molecular formula is C25H31N3O. The topological polar surface area (TPSA) is 46.9 Å². The van der Waals surface area contributed by atoms with Crippen LogP contribution in [-0.4, -0.2) is 22.0 Å². The van der Waals surface area contributed by atoms with E-state index in [-0.39, 0.29) is 5.91 Å². The molecule has 4 nitrogen and oxygen atoms in total. The molecule has 0 atom stereocenters. The van der Waals surface area contributed by atoms with Crippen LogP contribution >= 0.6 is 0 Å². The fourth-order valence-electron chi connectivity index (χ4n) is 3.59. The Hall–Kier alpha value is -2.88. The van der Waals surface area contributed by atoms with Crippen LogP contribution < -0.4 is 5.32 Å². The van der Waals surface area contributed by atoms with Crippen LogP contribution in [0.1, 0.15) is 44.0 Å². The molecule has 1 N–H and O–H groups in total. The minimum absolute atomic E-state index is 0.0507. The SMILES string of the molecule is C=C(C)C(=O)NCCCCCc1nc2ccccc2n1CCCc1ccccc1. The van der Waals surface area contributed by atoms with Gasteiger partial charge in [-0.2, -0.15) is 0 Å². The van der Waals surface area contributed by atoms with E-state index in [0.717, 1.165) is 50.6 Å². The summed E-state index contributed by atoms with van der Waals surface area (Å²) >= 11 is 0. The molecular weight excluding hydrogens is 358 g/mol. The average Bonchev–Trinajstić information content (AvgIpc) is 3.08. The zero-order valence-corrected chi connectivity index (χ0v) is 17.4. The summed E-state index contributed by atoms with van der Waals surface area (Å²) in [5, 5.41) is 2.90. The Bertz CT molecular complexity index is 943. The molecule has 0 bridgehead atoms. The van der Waals surface area contributed by atoms with Crippen LogP contribution in [0.25, 0.3) is 11.0 Å². The Morgan fingerprint density at radius 2 is 1.72 bits per heavy atom. The van der Waals surface area contributed by atoms with Crippen molar-refractivity contribution in [3.63, 3.8) is 0 Å². The predicted octanol–water partition coefficient (Wildman–Crippen LogP) is 5.07. The summed E-state index contributed by atoms with van der Waals surface area (Å²) in [6.07, 6.45) is 6.27. The van der Waals surface area contributed by atoms with Crippen molar-refractivity contribution in [3.05, 3.63) is 78.1 Å². The molecule has 1 heterocycles. The van der Waals surface area contributed by atoms with Gasteiger partial charge < -0.3 is 9.88 Å². The number of unbranched alkanes of at least 4 members (excludes halogenated alkanes) is 2. The van der Waals surface area contributed by atoms with Gasteiger partial charge in [0.25, 0.3) is 0 Å². The second-order valence-electron chi connectivity index (χ2n) is 7.60. The lowest BCUT2D eigenvalue weighted by Crippen LogP contribution is -2.24. The minimum atomic E-state index is -0.0507. The number of amides is 1. The number of rotatable bonds is 11. The predicted molar refractivity (Wildman–Crippen MR) is 120 cm³/mol. The molecule has 0 fully saturated rings. The van der Waals surface area contributed by atoms with Gasteiger partial charge in [-0.05, 0) is 50.3 Å². The second kappa shape index (κ2) is 10.6. The van der Waals surface area contributed by atoms with Crippen LogP contribution in [0.2, 0.25) is 0 Å². The van der Waals surface area contributed by atoms with Crippen molar-refractivity contribution in [1.29, 1.82) is 0 Å². The van der Waals surface area contributed by atoms with Crippen molar-refractivity contribution in [2.75, 3.05) is 6.54 Å². The number of nitrogens with zero attached hydrogens (tertiary/aromatic N) is 2. The molecule has 0 unspecified atom stereocenters. The molecule has 3 aromatic rings. The summed E-state index contributed by atoms with van der Waals surface area (Å²) in [6, 6.07) is 19.1. The molecule has 4 heteroatoms. The quantitative estimate of drug-likeness (QED) is 0.367. The largest absolute Gasteiger partial charge is 0.352 e. The third-order valence-corrected chi connectivity index (χ3v) is 5.17. The molecule has 0 saturated heterocycles. The number of imidazole rings is 1. The molecule has 0 saturated carbocycles. The summed E-state index contributed by atoms with van der Waals surface area (Å²) in [7, 11) is 0. The Morgan fingerprint density at radius 1 is 0.966 bits per heavy atom. The van der Waals surface area contributed by atoms with Crippen molar-refractivity contribution in [1.82, 2.24) is 14.9 Å². The summed E-state index contributed by atoms with van der Waals surface area (Å²) in [5.41, 5.74) is 4.25. The molecule has 0 aliphatic heterocycles. The van der Waals surface area contributed by atoms with Crippen molar-refractivity contribution in [2.45, 2.75) is 52.0 Å². The standard InChI is InChI=1S/C25H31N3O/c1-20(2)25(29)26-18-10-4-7-17-24-27-22-15-8-9-16-23(22)28(24)19-11-14-21-12-5-3-6-13-21/h3,5-6,8-9,12-13,15-16H,1,4,7,10-11,14,17-19H2,2H3,(H,26,29). The minimum Gasteiger partial charge on any atom is -0.352 e. The number of carbonyl (C=O) groups excluding carboxylic acids is 1. The first-order valence-corrected chi connectivity index (χ1v) is 10.6. The number of benzene rings is 2. The normalized spacial score (nSPS) is 10.9. The summed E-state index contributed by atoms with van der Waals surface area (Å²) in [6.45, 7) is 7.09. The highest BCUT2D eigenvalue weighted by molar-refractivity contribution is 5.92. The summed E-state index contributed by atoms with van der Waals surface area (Å²) in [4.78, 5) is 16.4. The molecule has 0 spiro atoms. The van der Waals surface area contributed by atoms with Gasteiger partial charge in [-0.1, -0.05) is 55.5 Å². The number of nitrogens with one attached hydrogen (secondary N) is 1. The first kappa shape index (κ1) is 20.8. The van der Waals surface area contributed by atoms with E-state index in [0.29, 0.717) is 12.1 Å². The highest BCUT2D eigenvalue weighted by Gasteiger charge is 2.10. The molecule has 2 aromatic carbocycles. The van der Waals surface area contributed by atoms with Gasteiger partial charge >= 0.3 is 0 Å². The number of fused-ring (bicyclic) bond motifs is 1. The first-order chi connectivity index (χ1) is 14.1. The number of aryl methyl sites for hydroxylation is 3. The van der Waals surface area contributed by atoms with Gasteiger partial charge in [-0.15, -0.1) is 0 Å². The molecule has 0 aliphatic carbocycles. The lowest BCUT2D eigenvalue weighted by atomic mass is 10.1. The van der Waals surface area contributed by atoms with Gasteiger partial charge in [0, 0.05) is 25.1 Å². The van der Waals surface area contributed by atoms with E-state index in [4.69, 9.17) is 4.98 Å². The van der Waals surface area contributed by atoms with Crippen LogP contribution in [0.5, 0.6) is 0 Å². The van der Waals surface area contributed by atoms with Crippen molar-refractivity contribution in [3.8, 4) is 0 Å². The van der Waals surface area contributed by atoms with E-state index in [1.54, 1.807) is 6.92 Å². The smallest absolute Gasteiger partial charge is 0.246 e. The van der Waals surface area contributed by atoms with Gasteiger partial charge in [0.05, 0.1) is 11.0 Å². The monoisotopic (exact) mass is 389 g/mol. The van der Waals surface area contributed by atoms with Gasteiger partial charge in [-0.3, -0.25) is 4.79 Å².